The number of aromatic amines is 1. The maximum atomic E-state index is 11.8. The van der Waals surface area contributed by atoms with Gasteiger partial charge in [0.2, 0.25) is 0 Å². The van der Waals surface area contributed by atoms with Crippen LogP contribution in [0.25, 0.3) is 11.1 Å². The second-order valence-electron chi connectivity index (χ2n) is 4.45. The Morgan fingerprint density at radius 3 is 2.86 bits per heavy atom. The largest absolute Gasteiger partial charge is 0.444 e. The van der Waals surface area contributed by atoms with Gasteiger partial charge in [0.25, 0.3) is 5.91 Å². The van der Waals surface area contributed by atoms with E-state index in [0.717, 1.165) is 5.56 Å². The number of H-pyrrole nitrogens is 1. The number of nitrogens with one attached hydrogen (secondary N) is 2. The number of benzene rings is 1. The van der Waals surface area contributed by atoms with E-state index in [0.29, 0.717) is 28.7 Å². The standard InChI is InChI=1S/C14H11BrN2O4/c15-12-4-3-11(20-12)13(18)16-6-5-8-1-2-10-9(7-8)17-14(19)21-10/h1-4,7H,5-6H2,(H,16,18)(H,17,19). The third-order valence-corrected chi connectivity index (χ3v) is 3.41. The number of hydrogen-bond acceptors (Lipinski definition) is 4. The van der Waals surface area contributed by atoms with Gasteiger partial charge in [-0.1, -0.05) is 6.07 Å². The Labute approximate surface area is 127 Å². The molecule has 0 fully saturated rings. The number of fused-ring (bicyclic) bond motifs is 1. The van der Waals surface area contributed by atoms with Crippen LogP contribution < -0.4 is 11.1 Å². The minimum Gasteiger partial charge on any atom is -0.444 e. The minimum atomic E-state index is -0.473. The Morgan fingerprint density at radius 1 is 1.24 bits per heavy atom. The number of hydrogen-bond donors (Lipinski definition) is 2. The number of oxazole rings is 1. The number of rotatable bonds is 4. The van der Waals surface area contributed by atoms with Gasteiger partial charge in [0, 0.05) is 6.54 Å². The molecule has 0 atom stereocenters. The number of halogens is 1. The molecule has 3 aromatic rings. The fourth-order valence-electron chi connectivity index (χ4n) is 2.00. The third-order valence-electron chi connectivity index (χ3n) is 2.98. The molecule has 108 valence electrons. The molecule has 1 amide bonds. The quantitative estimate of drug-likeness (QED) is 0.756. The van der Waals surface area contributed by atoms with E-state index in [1.165, 1.54) is 0 Å². The molecule has 0 aliphatic heterocycles. The van der Waals surface area contributed by atoms with E-state index in [1.807, 2.05) is 12.1 Å². The molecular weight excluding hydrogens is 340 g/mol. The minimum absolute atomic E-state index is 0.261. The van der Waals surface area contributed by atoms with Crippen LogP contribution in [0.5, 0.6) is 0 Å². The van der Waals surface area contributed by atoms with Crippen LogP contribution in [-0.4, -0.2) is 17.4 Å². The topological polar surface area (TPSA) is 88.2 Å². The summed E-state index contributed by atoms with van der Waals surface area (Å²) in [7, 11) is 0. The molecule has 0 aliphatic carbocycles. The molecule has 0 spiro atoms. The third kappa shape index (κ3) is 3.08. The summed E-state index contributed by atoms with van der Waals surface area (Å²) < 4.78 is 10.6. The predicted molar refractivity (Wildman–Crippen MR) is 79.3 cm³/mol. The van der Waals surface area contributed by atoms with Crippen LogP contribution in [0.1, 0.15) is 16.1 Å². The van der Waals surface area contributed by atoms with Crippen LogP contribution in [0.4, 0.5) is 0 Å². The second-order valence-corrected chi connectivity index (χ2v) is 5.24. The first-order valence-corrected chi connectivity index (χ1v) is 7.06. The molecule has 7 heteroatoms. The average molecular weight is 351 g/mol. The number of carbonyl (C=O) groups is 1. The van der Waals surface area contributed by atoms with Crippen molar-refractivity contribution in [2.75, 3.05) is 6.54 Å². The monoisotopic (exact) mass is 350 g/mol. The van der Waals surface area contributed by atoms with Crippen molar-refractivity contribution in [3.05, 3.63) is 56.9 Å². The first-order chi connectivity index (χ1) is 10.1. The summed E-state index contributed by atoms with van der Waals surface area (Å²) in [6, 6.07) is 8.68. The van der Waals surface area contributed by atoms with E-state index in [-0.39, 0.29) is 11.7 Å². The van der Waals surface area contributed by atoms with Gasteiger partial charge in [-0.25, -0.2) is 4.79 Å². The summed E-state index contributed by atoms with van der Waals surface area (Å²) in [5.74, 6) is -0.478. The van der Waals surface area contributed by atoms with Gasteiger partial charge >= 0.3 is 5.76 Å². The molecule has 0 aliphatic rings. The van der Waals surface area contributed by atoms with Crippen LogP contribution in [0.2, 0.25) is 0 Å². The molecule has 0 saturated carbocycles. The van der Waals surface area contributed by atoms with E-state index >= 15 is 0 Å². The molecule has 0 unspecified atom stereocenters. The summed E-state index contributed by atoms with van der Waals surface area (Å²) >= 11 is 3.15. The zero-order chi connectivity index (χ0) is 14.8. The molecule has 3 rings (SSSR count). The molecule has 2 heterocycles. The number of furan rings is 1. The fourth-order valence-corrected chi connectivity index (χ4v) is 2.31. The molecule has 2 N–H and O–H groups in total. The van der Waals surface area contributed by atoms with Crippen molar-refractivity contribution in [2.24, 2.45) is 0 Å². The van der Waals surface area contributed by atoms with Crippen molar-refractivity contribution < 1.29 is 13.6 Å². The van der Waals surface area contributed by atoms with E-state index in [1.54, 1.807) is 18.2 Å². The lowest BCUT2D eigenvalue weighted by atomic mass is 10.1. The Kier molecular flexibility index (Phi) is 3.66. The van der Waals surface area contributed by atoms with Gasteiger partial charge in [-0.3, -0.25) is 9.78 Å². The number of amides is 1. The van der Waals surface area contributed by atoms with Crippen molar-refractivity contribution in [1.29, 1.82) is 0 Å². The summed E-state index contributed by atoms with van der Waals surface area (Å²) in [5.41, 5.74) is 2.16. The lowest BCUT2D eigenvalue weighted by Gasteiger charge is -2.03. The van der Waals surface area contributed by atoms with Crippen molar-refractivity contribution in [2.45, 2.75) is 6.42 Å². The highest BCUT2D eigenvalue weighted by molar-refractivity contribution is 9.10. The van der Waals surface area contributed by atoms with E-state index in [4.69, 9.17) is 8.83 Å². The molecule has 2 aromatic heterocycles. The first-order valence-electron chi connectivity index (χ1n) is 6.27. The molecule has 0 radical (unpaired) electrons. The van der Waals surface area contributed by atoms with Crippen molar-refractivity contribution in [3.8, 4) is 0 Å². The fraction of sp³-hybridized carbons (Fsp3) is 0.143. The zero-order valence-electron chi connectivity index (χ0n) is 10.8. The Bertz CT molecular complexity index is 846. The van der Waals surface area contributed by atoms with Gasteiger partial charge in [-0.05, 0) is 52.2 Å². The van der Waals surface area contributed by atoms with Crippen LogP contribution >= 0.6 is 15.9 Å². The second kappa shape index (κ2) is 5.61. The summed E-state index contributed by atoms with van der Waals surface area (Å²) in [6.45, 7) is 0.463. The lowest BCUT2D eigenvalue weighted by Crippen LogP contribution is -2.25. The Balaban J connectivity index is 1.61. The maximum absolute atomic E-state index is 11.8. The molecule has 0 saturated heterocycles. The Morgan fingerprint density at radius 2 is 2.10 bits per heavy atom. The molecule has 1 aromatic carbocycles. The van der Waals surface area contributed by atoms with E-state index in [9.17, 15) is 9.59 Å². The van der Waals surface area contributed by atoms with Crippen molar-refractivity contribution in [3.63, 3.8) is 0 Å². The van der Waals surface area contributed by atoms with Crippen LogP contribution in [-0.2, 0) is 6.42 Å². The van der Waals surface area contributed by atoms with Crippen LogP contribution in [0.3, 0.4) is 0 Å². The van der Waals surface area contributed by atoms with Gasteiger partial charge < -0.3 is 14.2 Å². The molecular formula is C14H11BrN2O4. The highest BCUT2D eigenvalue weighted by Gasteiger charge is 2.09. The van der Waals surface area contributed by atoms with E-state index < -0.39 is 5.76 Å². The molecule has 6 nitrogen and oxygen atoms in total. The zero-order valence-corrected chi connectivity index (χ0v) is 12.4. The first kappa shape index (κ1) is 13.7. The summed E-state index contributed by atoms with van der Waals surface area (Å²) in [5, 5.41) is 2.77. The summed E-state index contributed by atoms with van der Waals surface area (Å²) in [4.78, 5) is 25.4. The predicted octanol–water partition coefficient (Wildman–Crippen LogP) is 2.45. The van der Waals surface area contributed by atoms with Gasteiger partial charge in [-0.2, -0.15) is 0 Å². The van der Waals surface area contributed by atoms with E-state index in [2.05, 4.69) is 26.2 Å². The lowest BCUT2D eigenvalue weighted by molar-refractivity contribution is 0.0925. The highest BCUT2D eigenvalue weighted by Crippen LogP contribution is 2.14. The summed E-state index contributed by atoms with van der Waals surface area (Å²) in [6.07, 6.45) is 0.636. The smallest absolute Gasteiger partial charge is 0.417 e. The van der Waals surface area contributed by atoms with Gasteiger partial charge in [-0.15, -0.1) is 0 Å². The molecule has 0 bridgehead atoms. The van der Waals surface area contributed by atoms with Gasteiger partial charge in [0.1, 0.15) is 0 Å². The SMILES string of the molecule is O=C(NCCc1ccc2oc(=O)[nH]c2c1)c1ccc(Br)o1. The number of aromatic nitrogens is 1. The highest BCUT2D eigenvalue weighted by atomic mass is 79.9. The normalized spacial score (nSPS) is 10.9. The number of carbonyl (C=O) groups excluding carboxylic acids is 1. The van der Waals surface area contributed by atoms with Crippen LogP contribution in [0, 0.1) is 0 Å². The van der Waals surface area contributed by atoms with Gasteiger partial charge in [0.15, 0.2) is 16.0 Å². The Hall–Kier alpha value is -2.28. The van der Waals surface area contributed by atoms with Crippen molar-refractivity contribution in [1.82, 2.24) is 10.3 Å². The van der Waals surface area contributed by atoms with Crippen molar-refractivity contribution >= 4 is 32.9 Å². The molecule has 21 heavy (non-hydrogen) atoms. The van der Waals surface area contributed by atoms with Crippen LogP contribution in [0.15, 0.2) is 48.6 Å². The van der Waals surface area contributed by atoms with Gasteiger partial charge in [0.05, 0.1) is 5.52 Å². The maximum Gasteiger partial charge on any atom is 0.417 e. The average Bonchev–Trinajstić information content (AvgIpc) is 3.03.